The summed E-state index contributed by atoms with van der Waals surface area (Å²) >= 11 is 4.68. The highest BCUT2D eigenvalue weighted by Gasteiger charge is 2.19. The van der Waals surface area contributed by atoms with Gasteiger partial charge in [-0.05, 0) is 33.5 Å². The Hall–Kier alpha value is 0.440. The minimum atomic E-state index is 0.423. The van der Waals surface area contributed by atoms with Crippen LogP contribution < -0.4 is 0 Å². The molecule has 0 aromatic heterocycles. The van der Waals surface area contributed by atoms with E-state index in [9.17, 15) is 0 Å². The number of nitrogens with zero attached hydrogens (tertiary/aromatic N) is 2. The SMILES string of the molecule is N#CC[C@H](CCI)[C@H](CC#N)CCI. The maximum Gasteiger partial charge on any atom is 0.0624 e. The second-order valence-corrected chi connectivity index (χ2v) is 5.36. The molecule has 0 heterocycles. The molecule has 0 spiro atoms. The van der Waals surface area contributed by atoms with E-state index in [0.29, 0.717) is 24.7 Å². The van der Waals surface area contributed by atoms with Crippen LogP contribution in [0.25, 0.3) is 0 Å². The topological polar surface area (TPSA) is 47.6 Å². The normalized spacial score (nSPS) is 14.0. The fourth-order valence-corrected chi connectivity index (χ4v) is 3.12. The molecule has 0 aromatic carbocycles. The van der Waals surface area contributed by atoms with Crippen molar-refractivity contribution in [3.8, 4) is 12.1 Å². The van der Waals surface area contributed by atoms with Gasteiger partial charge < -0.3 is 0 Å². The molecule has 0 bridgehead atoms. The Balaban J connectivity index is 4.23. The minimum absolute atomic E-state index is 0.423. The third-order valence-corrected chi connectivity index (χ3v) is 3.58. The summed E-state index contributed by atoms with van der Waals surface area (Å²) in [6, 6.07) is 4.47. The van der Waals surface area contributed by atoms with Crippen LogP contribution in [0.4, 0.5) is 0 Å². The Kier molecular flexibility index (Phi) is 10.3. The van der Waals surface area contributed by atoms with Gasteiger partial charge in [0, 0.05) is 12.8 Å². The number of rotatable bonds is 7. The van der Waals surface area contributed by atoms with Crippen molar-refractivity contribution < 1.29 is 0 Å². The first kappa shape index (κ1) is 14.4. The van der Waals surface area contributed by atoms with Gasteiger partial charge in [-0.2, -0.15) is 10.5 Å². The van der Waals surface area contributed by atoms with E-state index in [1.165, 1.54) is 0 Å². The molecule has 0 saturated heterocycles. The molecule has 78 valence electrons. The zero-order chi connectivity index (χ0) is 10.8. The van der Waals surface area contributed by atoms with Gasteiger partial charge in [0.1, 0.15) is 0 Å². The standard InChI is InChI=1S/C10H14I2N2/c11-5-1-9(3-7-13)10(2-6-12)4-8-14/h9-10H,1-6H2/t9-,10-/m0/s1. The monoisotopic (exact) mass is 416 g/mol. The predicted octanol–water partition coefficient (Wildman–Crippen LogP) is 3.70. The van der Waals surface area contributed by atoms with Crippen LogP contribution in [0.5, 0.6) is 0 Å². The lowest BCUT2D eigenvalue weighted by Gasteiger charge is -2.21. The Morgan fingerprint density at radius 2 is 1.21 bits per heavy atom. The molecule has 2 nitrogen and oxygen atoms in total. The van der Waals surface area contributed by atoms with Crippen molar-refractivity contribution in [3.63, 3.8) is 0 Å². The largest absolute Gasteiger partial charge is 0.198 e. The van der Waals surface area contributed by atoms with Crippen molar-refractivity contribution in [1.82, 2.24) is 0 Å². The van der Waals surface area contributed by atoms with Gasteiger partial charge in [-0.3, -0.25) is 0 Å². The summed E-state index contributed by atoms with van der Waals surface area (Å²) in [5, 5.41) is 17.4. The van der Waals surface area contributed by atoms with Crippen LogP contribution in [0.15, 0.2) is 0 Å². The van der Waals surface area contributed by atoms with Gasteiger partial charge in [-0.1, -0.05) is 45.2 Å². The van der Waals surface area contributed by atoms with Gasteiger partial charge in [0.05, 0.1) is 12.1 Å². The lowest BCUT2D eigenvalue weighted by Crippen LogP contribution is -2.15. The summed E-state index contributed by atoms with van der Waals surface area (Å²) in [6.45, 7) is 0. The zero-order valence-corrected chi connectivity index (χ0v) is 12.4. The predicted molar refractivity (Wildman–Crippen MR) is 74.4 cm³/mol. The third-order valence-electron chi connectivity index (χ3n) is 2.33. The molecule has 0 aliphatic heterocycles. The van der Waals surface area contributed by atoms with Crippen molar-refractivity contribution in [3.05, 3.63) is 0 Å². The third kappa shape index (κ3) is 6.02. The first-order chi connectivity index (χ1) is 6.79. The quantitative estimate of drug-likeness (QED) is 0.470. The van der Waals surface area contributed by atoms with Crippen LogP contribution in [-0.2, 0) is 0 Å². The number of halogens is 2. The molecule has 0 saturated carbocycles. The van der Waals surface area contributed by atoms with E-state index in [-0.39, 0.29) is 0 Å². The summed E-state index contributed by atoms with van der Waals surface area (Å²) in [7, 11) is 0. The smallest absolute Gasteiger partial charge is 0.0624 e. The van der Waals surface area contributed by atoms with Crippen molar-refractivity contribution in [2.24, 2.45) is 11.8 Å². The average Bonchev–Trinajstić information content (AvgIpc) is 2.17. The Morgan fingerprint density at radius 1 is 0.857 bits per heavy atom. The lowest BCUT2D eigenvalue weighted by atomic mass is 9.84. The fourth-order valence-electron chi connectivity index (χ4n) is 1.52. The molecule has 0 unspecified atom stereocenters. The van der Waals surface area contributed by atoms with Gasteiger partial charge in [-0.15, -0.1) is 0 Å². The molecular formula is C10H14I2N2. The van der Waals surface area contributed by atoms with Crippen LogP contribution in [0.3, 0.4) is 0 Å². The summed E-state index contributed by atoms with van der Waals surface area (Å²) < 4.78 is 2.15. The summed E-state index contributed by atoms with van der Waals surface area (Å²) in [6.07, 6.45) is 3.34. The number of alkyl halides is 2. The molecule has 0 radical (unpaired) electrons. The van der Waals surface area contributed by atoms with Gasteiger partial charge in [0.25, 0.3) is 0 Å². The summed E-state index contributed by atoms with van der Waals surface area (Å²) in [5.74, 6) is 0.845. The van der Waals surface area contributed by atoms with Gasteiger partial charge in [0.2, 0.25) is 0 Å². The van der Waals surface area contributed by atoms with Crippen LogP contribution in [0.1, 0.15) is 25.7 Å². The van der Waals surface area contributed by atoms with Gasteiger partial charge >= 0.3 is 0 Å². The fraction of sp³-hybridized carbons (Fsp3) is 0.800. The van der Waals surface area contributed by atoms with E-state index in [2.05, 4.69) is 57.3 Å². The van der Waals surface area contributed by atoms with Crippen molar-refractivity contribution in [1.29, 1.82) is 10.5 Å². The number of nitriles is 2. The Bertz CT molecular complexity index is 193. The van der Waals surface area contributed by atoms with Gasteiger partial charge in [0.15, 0.2) is 0 Å². The maximum absolute atomic E-state index is 8.71. The first-order valence-electron chi connectivity index (χ1n) is 4.66. The van der Waals surface area contributed by atoms with Crippen LogP contribution >= 0.6 is 45.2 Å². The minimum Gasteiger partial charge on any atom is -0.198 e. The molecule has 0 N–H and O–H groups in total. The summed E-state index contributed by atoms with van der Waals surface area (Å²) in [5.41, 5.74) is 0. The number of hydrogen-bond acceptors (Lipinski definition) is 2. The van der Waals surface area contributed by atoms with Crippen LogP contribution in [0, 0.1) is 34.5 Å². The Labute approximate surface area is 113 Å². The zero-order valence-electron chi connectivity index (χ0n) is 8.05. The van der Waals surface area contributed by atoms with Crippen LogP contribution in [-0.4, -0.2) is 8.86 Å². The summed E-state index contributed by atoms with van der Waals surface area (Å²) in [4.78, 5) is 0. The lowest BCUT2D eigenvalue weighted by molar-refractivity contribution is 0.329. The van der Waals surface area contributed by atoms with Crippen LogP contribution in [0.2, 0.25) is 0 Å². The second kappa shape index (κ2) is 9.97. The van der Waals surface area contributed by atoms with Crippen molar-refractivity contribution in [2.45, 2.75) is 25.7 Å². The highest BCUT2D eigenvalue weighted by atomic mass is 127. The molecule has 0 rings (SSSR count). The molecule has 14 heavy (non-hydrogen) atoms. The number of hydrogen-bond donors (Lipinski definition) is 0. The molecule has 4 heteroatoms. The van der Waals surface area contributed by atoms with E-state index in [0.717, 1.165) is 21.7 Å². The van der Waals surface area contributed by atoms with Gasteiger partial charge in [-0.25, -0.2) is 0 Å². The molecule has 0 amide bonds. The molecule has 0 aromatic rings. The van der Waals surface area contributed by atoms with Crippen molar-refractivity contribution in [2.75, 3.05) is 8.86 Å². The molecule has 0 aliphatic rings. The van der Waals surface area contributed by atoms with E-state index in [1.807, 2.05) is 0 Å². The highest BCUT2D eigenvalue weighted by Crippen LogP contribution is 2.27. The second-order valence-electron chi connectivity index (χ2n) is 3.20. The molecule has 0 fully saturated rings. The van der Waals surface area contributed by atoms with E-state index >= 15 is 0 Å². The molecule has 0 aliphatic carbocycles. The Morgan fingerprint density at radius 3 is 1.43 bits per heavy atom. The molecule has 2 atom stereocenters. The van der Waals surface area contributed by atoms with E-state index < -0.39 is 0 Å². The van der Waals surface area contributed by atoms with E-state index in [4.69, 9.17) is 10.5 Å². The first-order valence-corrected chi connectivity index (χ1v) is 7.71. The average molecular weight is 416 g/mol. The highest BCUT2D eigenvalue weighted by molar-refractivity contribution is 14.1. The van der Waals surface area contributed by atoms with E-state index in [1.54, 1.807) is 0 Å². The maximum atomic E-state index is 8.71. The van der Waals surface area contributed by atoms with Crippen molar-refractivity contribution >= 4 is 45.2 Å². The molecular weight excluding hydrogens is 402 g/mol.